The number of imidazole rings is 1. The fourth-order valence-electron chi connectivity index (χ4n) is 9.23. The molecule has 0 spiro atoms. The molecule has 0 saturated carbocycles. The van der Waals surface area contributed by atoms with Crippen LogP contribution in [-0.2, 0) is 30.3 Å². The summed E-state index contributed by atoms with van der Waals surface area (Å²) in [5.41, 5.74) is 7.14. The maximum absolute atomic E-state index is 13.8. The molecule has 5 aromatic rings. The van der Waals surface area contributed by atoms with E-state index in [0.717, 1.165) is 86.6 Å². The van der Waals surface area contributed by atoms with Gasteiger partial charge in [0.2, 0.25) is 11.8 Å². The fourth-order valence-corrected chi connectivity index (χ4v) is 9.23. The third-order valence-electron chi connectivity index (χ3n) is 12.4. The zero-order valence-electron chi connectivity index (χ0n) is 34.1. The molecular formula is C46H52N6O6. The molecular weight excluding hydrogens is 733 g/mol. The quantitative estimate of drug-likeness (QED) is 0.136. The highest BCUT2D eigenvalue weighted by Gasteiger charge is 2.40. The van der Waals surface area contributed by atoms with Crippen molar-refractivity contribution in [2.45, 2.75) is 84.3 Å². The van der Waals surface area contributed by atoms with Crippen molar-refractivity contribution in [3.8, 4) is 11.1 Å². The predicted octanol–water partition coefficient (Wildman–Crippen LogP) is 8.04. The van der Waals surface area contributed by atoms with E-state index >= 15 is 0 Å². The molecule has 12 nitrogen and oxygen atoms in total. The molecule has 4 aromatic carbocycles. The van der Waals surface area contributed by atoms with Crippen molar-refractivity contribution >= 4 is 67.9 Å². The first-order valence-electron chi connectivity index (χ1n) is 20.5. The summed E-state index contributed by atoms with van der Waals surface area (Å²) >= 11 is 0. The third-order valence-corrected chi connectivity index (χ3v) is 12.4. The minimum absolute atomic E-state index is 0.0125. The molecule has 0 bridgehead atoms. The zero-order chi connectivity index (χ0) is 40.8. The smallest absolute Gasteiger partial charge is 0.407 e. The van der Waals surface area contributed by atoms with Gasteiger partial charge >= 0.3 is 12.1 Å². The summed E-state index contributed by atoms with van der Waals surface area (Å²) in [7, 11) is 2.67. The van der Waals surface area contributed by atoms with Gasteiger partial charge in [0.05, 0.1) is 55.4 Å². The number of aromatic amines is 1. The Hall–Kier alpha value is -5.78. The highest BCUT2D eigenvalue weighted by molar-refractivity contribution is 6.07. The van der Waals surface area contributed by atoms with Gasteiger partial charge in [-0.15, -0.1) is 0 Å². The lowest BCUT2D eigenvalue weighted by molar-refractivity contribution is -0.148. The van der Waals surface area contributed by atoms with Crippen LogP contribution < -0.4 is 5.32 Å². The van der Waals surface area contributed by atoms with Crippen molar-refractivity contribution in [3.63, 3.8) is 0 Å². The van der Waals surface area contributed by atoms with Crippen molar-refractivity contribution in [1.29, 1.82) is 0 Å². The number of likely N-dealkylation sites (tertiary alicyclic amines) is 2. The van der Waals surface area contributed by atoms with E-state index in [-0.39, 0.29) is 48.1 Å². The lowest BCUT2D eigenvalue weighted by atomic mass is 9.90. The summed E-state index contributed by atoms with van der Waals surface area (Å²) in [6, 6.07) is 20.5. The lowest BCUT2D eigenvalue weighted by Gasteiger charge is -2.30. The summed E-state index contributed by atoms with van der Waals surface area (Å²) in [6.45, 7) is 9.06. The topological polar surface area (TPSA) is 146 Å². The van der Waals surface area contributed by atoms with E-state index in [1.165, 1.54) is 19.8 Å². The largest absolute Gasteiger partial charge is 0.469 e. The Morgan fingerprint density at radius 3 is 2.12 bits per heavy atom. The van der Waals surface area contributed by atoms with Gasteiger partial charge in [0.15, 0.2) is 0 Å². The molecule has 1 aromatic heterocycles. The molecule has 58 heavy (non-hydrogen) atoms. The number of H-pyrrole nitrogens is 1. The Morgan fingerprint density at radius 1 is 0.793 bits per heavy atom. The van der Waals surface area contributed by atoms with E-state index in [0.29, 0.717) is 19.5 Å². The van der Waals surface area contributed by atoms with E-state index < -0.39 is 18.1 Å². The van der Waals surface area contributed by atoms with Gasteiger partial charge in [-0.2, -0.15) is 0 Å². The molecule has 2 N–H and O–H groups in total. The van der Waals surface area contributed by atoms with Crippen LogP contribution in [0.5, 0.6) is 0 Å². The number of nitrogens with zero attached hydrogens (tertiary/aromatic N) is 4. The van der Waals surface area contributed by atoms with Gasteiger partial charge in [0.25, 0.3) is 0 Å². The minimum Gasteiger partial charge on any atom is -0.469 e. The number of ether oxygens (including phenoxy) is 2. The SMILES string of the molecule is COC(=O)C[C@H](C(=O)N1CCC[C@H]1C1=Nc2ccc3cc(-c4ccc5c(ccc6[nH]c([C@@H]7CCCN7C(=O)[C@@H](NC(=O)OC)C(C)C)nc65)c4)ccc3c2C1)C(C)C. The molecule has 4 atom stereocenters. The number of nitrogens with one attached hydrogen (secondary N) is 2. The standard InChI is InChI=1S/C46H52N6O6/c1-25(2)33(24-40(53)57-5)44(54)51-19-7-9-38(51)37-23-34-31-15-11-27(21-29(31)13-17-35(34)47-37)28-12-16-32-30(22-28)14-18-36-42(32)49-43(48-36)39-10-8-20-52(39)45(55)41(26(3)4)50-46(56)58-6/h11-18,21-22,25-26,33,38-39,41H,7-10,19-20,23-24H2,1-6H3,(H,48,49)(H,50,56)/t33-,38-,39-,41-/m0/s1. The number of methoxy groups -OCH3 is 2. The predicted molar refractivity (Wildman–Crippen MR) is 225 cm³/mol. The lowest BCUT2D eigenvalue weighted by Crippen LogP contribution is -2.51. The summed E-state index contributed by atoms with van der Waals surface area (Å²) in [4.78, 5) is 69.2. The van der Waals surface area contributed by atoms with Gasteiger partial charge in [0.1, 0.15) is 11.9 Å². The first-order valence-corrected chi connectivity index (χ1v) is 20.5. The van der Waals surface area contributed by atoms with Gasteiger partial charge in [-0.1, -0.05) is 64.1 Å². The Balaban J connectivity index is 1.01. The van der Waals surface area contributed by atoms with E-state index in [2.05, 4.69) is 71.0 Å². The molecule has 2 fully saturated rings. The highest BCUT2D eigenvalue weighted by atomic mass is 16.5. The number of benzene rings is 4. The molecule has 0 radical (unpaired) electrons. The number of aliphatic imine (C=N–C) groups is 1. The molecule has 0 unspecified atom stereocenters. The molecule has 2 saturated heterocycles. The molecule has 3 aliphatic rings. The Morgan fingerprint density at radius 2 is 1.45 bits per heavy atom. The number of rotatable bonds is 10. The van der Waals surface area contributed by atoms with E-state index in [9.17, 15) is 19.2 Å². The van der Waals surface area contributed by atoms with E-state index in [4.69, 9.17) is 19.5 Å². The van der Waals surface area contributed by atoms with Crippen LogP contribution in [0.15, 0.2) is 65.7 Å². The fraction of sp³-hybridized carbons (Fsp3) is 0.435. The summed E-state index contributed by atoms with van der Waals surface area (Å²) in [5, 5.41) is 7.11. The molecule has 8 rings (SSSR count). The second-order valence-corrected chi connectivity index (χ2v) is 16.7. The second-order valence-electron chi connectivity index (χ2n) is 16.7. The van der Waals surface area contributed by atoms with Crippen molar-refractivity contribution in [2.24, 2.45) is 22.7 Å². The van der Waals surface area contributed by atoms with Crippen molar-refractivity contribution < 1.29 is 28.7 Å². The summed E-state index contributed by atoms with van der Waals surface area (Å²) < 4.78 is 9.71. The first-order chi connectivity index (χ1) is 27.9. The van der Waals surface area contributed by atoms with Crippen LogP contribution in [0.2, 0.25) is 0 Å². The van der Waals surface area contributed by atoms with Gasteiger partial charge in [-0.25, -0.2) is 9.78 Å². The molecule has 12 heteroatoms. The van der Waals surface area contributed by atoms with Crippen LogP contribution in [0.1, 0.15) is 77.2 Å². The van der Waals surface area contributed by atoms with Crippen LogP contribution in [0, 0.1) is 17.8 Å². The average molecular weight is 785 g/mol. The Kier molecular flexibility index (Phi) is 10.7. The third kappa shape index (κ3) is 7.17. The number of carbonyl (C=O) groups excluding carboxylic acids is 4. The number of fused-ring (bicyclic) bond motifs is 6. The van der Waals surface area contributed by atoms with Crippen LogP contribution in [0.3, 0.4) is 0 Å². The maximum atomic E-state index is 13.8. The van der Waals surface area contributed by atoms with Gasteiger partial charge in [0, 0.05) is 30.6 Å². The maximum Gasteiger partial charge on any atom is 0.407 e. The first kappa shape index (κ1) is 39.1. The molecule has 4 heterocycles. The normalized spacial score (nSPS) is 18.9. The molecule has 3 aliphatic heterocycles. The van der Waals surface area contributed by atoms with Crippen LogP contribution in [0.25, 0.3) is 43.7 Å². The Bertz CT molecular complexity index is 2470. The summed E-state index contributed by atoms with van der Waals surface area (Å²) in [6.07, 6.45) is 3.57. The monoisotopic (exact) mass is 784 g/mol. The zero-order valence-corrected chi connectivity index (χ0v) is 34.1. The Labute approximate surface area is 338 Å². The molecule has 3 amide bonds. The number of carbonyl (C=O) groups is 4. The second kappa shape index (κ2) is 15.9. The molecule has 0 aliphatic carbocycles. The van der Waals surface area contributed by atoms with E-state index in [1.54, 1.807) is 0 Å². The van der Waals surface area contributed by atoms with Crippen molar-refractivity contribution in [1.82, 2.24) is 25.1 Å². The van der Waals surface area contributed by atoms with Gasteiger partial charge in [-0.3, -0.25) is 19.4 Å². The number of hydrogen-bond donors (Lipinski definition) is 2. The van der Waals surface area contributed by atoms with Gasteiger partial charge in [-0.05, 0) is 94.6 Å². The average Bonchev–Trinajstić information content (AvgIpc) is 4.06. The number of esters is 1. The number of aromatic nitrogens is 2. The molecule has 302 valence electrons. The highest BCUT2D eigenvalue weighted by Crippen LogP contribution is 2.40. The van der Waals surface area contributed by atoms with Crippen LogP contribution >= 0.6 is 0 Å². The van der Waals surface area contributed by atoms with E-state index in [1.807, 2.05) is 37.5 Å². The van der Waals surface area contributed by atoms with Crippen LogP contribution in [0.4, 0.5) is 10.5 Å². The minimum atomic E-state index is -0.692. The van der Waals surface area contributed by atoms with Gasteiger partial charge < -0.3 is 29.6 Å². The van der Waals surface area contributed by atoms with Crippen molar-refractivity contribution in [2.75, 3.05) is 27.3 Å². The number of amides is 3. The summed E-state index contributed by atoms with van der Waals surface area (Å²) in [5.74, 6) is -0.240. The number of hydrogen-bond acceptors (Lipinski definition) is 8. The van der Waals surface area contributed by atoms with Crippen molar-refractivity contribution in [3.05, 3.63) is 72.1 Å². The number of alkyl carbamates (subject to hydrolysis) is 1. The van der Waals surface area contributed by atoms with Crippen LogP contribution in [-0.4, -0.2) is 88.7 Å².